The molecule has 1 N–H and O–H groups in total. The first-order chi connectivity index (χ1) is 8.98. The highest BCUT2D eigenvalue weighted by Gasteiger charge is 2.42. The second kappa shape index (κ2) is 5.35. The molecule has 0 radical (unpaired) electrons. The summed E-state index contributed by atoms with van der Waals surface area (Å²) in [5.41, 5.74) is 2.59. The molecule has 1 aliphatic carbocycles. The lowest BCUT2D eigenvalue weighted by Gasteiger charge is -2.38. The summed E-state index contributed by atoms with van der Waals surface area (Å²) >= 11 is 0. The molecule has 0 spiro atoms. The molecule has 102 valence electrons. The zero-order chi connectivity index (χ0) is 14.0. The van der Waals surface area contributed by atoms with Gasteiger partial charge in [-0.1, -0.05) is 43.5 Å². The number of nitriles is 1. The smallest absolute Gasteiger partial charge is 0.0978 e. The van der Waals surface area contributed by atoms with Gasteiger partial charge >= 0.3 is 0 Å². The van der Waals surface area contributed by atoms with E-state index in [9.17, 15) is 10.4 Å². The fraction of sp³-hybridized carbons (Fsp3) is 0.588. The molecule has 0 heterocycles. The van der Waals surface area contributed by atoms with Gasteiger partial charge in [-0.2, -0.15) is 5.26 Å². The SMILES string of the molecule is Cc1ccc(C(O)C2(C#N)CCCC(C)C2)c(C)c1. The monoisotopic (exact) mass is 257 g/mol. The largest absolute Gasteiger partial charge is 0.387 e. The second-order valence-electron chi connectivity index (χ2n) is 6.23. The van der Waals surface area contributed by atoms with Crippen molar-refractivity contribution < 1.29 is 5.11 Å². The Hall–Kier alpha value is -1.33. The maximum atomic E-state index is 10.8. The van der Waals surface area contributed by atoms with Crippen molar-refractivity contribution in [2.75, 3.05) is 0 Å². The third-order valence-corrected chi connectivity index (χ3v) is 4.50. The summed E-state index contributed by atoms with van der Waals surface area (Å²) in [6.07, 6.45) is 3.15. The number of aryl methyl sites for hydroxylation is 2. The Bertz CT molecular complexity index is 502. The van der Waals surface area contributed by atoms with Crippen LogP contribution in [0.15, 0.2) is 18.2 Å². The zero-order valence-electron chi connectivity index (χ0n) is 12.1. The lowest BCUT2D eigenvalue weighted by molar-refractivity contribution is 0.0215. The topological polar surface area (TPSA) is 44.0 Å². The summed E-state index contributed by atoms with van der Waals surface area (Å²) in [6.45, 7) is 6.24. The van der Waals surface area contributed by atoms with Crippen LogP contribution in [0.5, 0.6) is 0 Å². The van der Waals surface area contributed by atoms with Crippen LogP contribution in [-0.4, -0.2) is 5.11 Å². The number of hydrogen-bond acceptors (Lipinski definition) is 2. The summed E-state index contributed by atoms with van der Waals surface area (Å²) in [4.78, 5) is 0. The molecule has 3 atom stereocenters. The van der Waals surface area contributed by atoms with Gasteiger partial charge in [0.05, 0.1) is 17.6 Å². The van der Waals surface area contributed by atoms with E-state index in [2.05, 4.69) is 19.1 Å². The molecule has 1 aromatic rings. The van der Waals surface area contributed by atoms with Crippen molar-refractivity contribution in [3.63, 3.8) is 0 Å². The highest BCUT2D eigenvalue weighted by molar-refractivity contribution is 5.34. The number of hydrogen-bond donors (Lipinski definition) is 1. The standard InChI is InChI=1S/C17H23NO/c1-12-6-7-15(14(3)9-12)16(19)17(11-18)8-4-5-13(2)10-17/h6-7,9,13,16,19H,4-5,8,10H2,1-3H3. The van der Waals surface area contributed by atoms with E-state index in [0.717, 1.165) is 30.4 Å². The van der Waals surface area contributed by atoms with Crippen molar-refractivity contribution in [2.45, 2.75) is 52.6 Å². The van der Waals surface area contributed by atoms with Crippen molar-refractivity contribution in [1.29, 1.82) is 5.26 Å². The quantitative estimate of drug-likeness (QED) is 0.868. The average molecular weight is 257 g/mol. The molecular formula is C17H23NO. The minimum atomic E-state index is -0.666. The Morgan fingerprint density at radius 1 is 1.42 bits per heavy atom. The summed E-state index contributed by atoms with van der Waals surface area (Å²) in [5.74, 6) is 0.522. The minimum Gasteiger partial charge on any atom is -0.387 e. The van der Waals surface area contributed by atoms with Gasteiger partial charge in [0.15, 0.2) is 0 Å². The van der Waals surface area contributed by atoms with Gasteiger partial charge in [-0.15, -0.1) is 0 Å². The van der Waals surface area contributed by atoms with E-state index < -0.39 is 11.5 Å². The van der Waals surface area contributed by atoms with Crippen LogP contribution in [-0.2, 0) is 0 Å². The Kier molecular flexibility index (Phi) is 3.96. The Balaban J connectivity index is 2.35. The third-order valence-electron chi connectivity index (χ3n) is 4.50. The molecule has 1 fully saturated rings. The lowest BCUT2D eigenvalue weighted by atomic mass is 9.66. The molecule has 1 aliphatic rings. The van der Waals surface area contributed by atoms with Crippen LogP contribution < -0.4 is 0 Å². The highest BCUT2D eigenvalue weighted by atomic mass is 16.3. The van der Waals surface area contributed by atoms with Crippen LogP contribution in [0.1, 0.15) is 55.4 Å². The highest BCUT2D eigenvalue weighted by Crippen LogP contribution is 2.48. The Labute approximate surface area is 116 Å². The van der Waals surface area contributed by atoms with E-state index in [-0.39, 0.29) is 0 Å². The predicted molar refractivity (Wildman–Crippen MR) is 76.6 cm³/mol. The van der Waals surface area contributed by atoms with E-state index in [4.69, 9.17) is 0 Å². The van der Waals surface area contributed by atoms with E-state index in [1.807, 2.05) is 26.0 Å². The first kappa shape index (κ1) is 14.1. The fourth-order valence-corrected chi connectivity index (χ4v) is 3.43. The van der Waals surface area contributed by atoms with Crippen LogP contribution in [0.4, 0.5) is 0 Å². The van der Waals surface area contributed by atoms with Crippen LogP contribution >= 0.6 is 0 Å². The van der Waals surface area contributed by atoms with Crippen molar-refractivity contribution in [2.24, 2.45) is 11.3 Å². The molecule has 2 heteroatoms. The fourth-order valence-electron chi connectivity index (χ4n) is 3.43. The summed E-state index contributed by atoms with van der Waals surface area (Å²) in [7, 11) is 0. The predicted octanol–water partition coefficient (Wildman–Crippen LogP) is 4.06. The van der Waals surface area contributed by atoms with Gasteiger partial charge in [-0.05, 0) is 43.7 Å². The van der Waals surface area contributed by atoms with Gasteiger partial charge in [-0.25, -0.2) is 0 Å². The molecule has 0 amide bonds. The van der Waals surface area contributed by atoms with E-state index in [0.29, 0.717) is 5.92 Å². The van der Waals surface area contributed by atoms with Crippen LogP contribution in [0.3, 0.4) is 0 Å². The van der Waals surface area contributed by atoms with Crippen molar-refractivity contribution in [3.8, 4) is 6.07 Å². The molecule has 2 nitrogen and oxygen atoms in total. The summed E-state index contributed by atoms with van der Waals surface area (Å²) < 4.78 is 0. The van der Waals surface area contributed by atoms with Crippen molar-refractivity contribution >= 4 is 0 Å². The number of aliphatic hydroxyl groups is 1. The molecule has 3 unspecified atom stereocenters. The number of nitrogens with zero attached hydrogens (tertiary/aromatic N) is 1. The molecule has 2 rings (SSSR count). The first-order valence-electron chi connectivity index (χ1n) is 7.15. The van der Waals surface area contributed by atoms with Crippen LogP contribution in [0, 0.1) is 36.5 Å². The maximum Gasteiger partial charge on any atom is 0.0978 e. The van der Waals surface area contributed by atoms with Gasteiger partial charge < -0.3 is 5.11 Å². The summed E-state index contributed by atoms with van der Waals surface area (Å²) in [5, 5.41) is 20.4. The molecule has 0 saturated heterocycles. The van der Waals surface area contributed by atoms with Gasteiger partial charge in [0, 0.05) is 0 Å². The average Bonchev–Trinajstić information content (AvgIpc) is 2.38. The lowest BCUT2D eigenvalue weighted by Crippen LogP contribution is -2.33. The van der Waals surface area contributed by atoms with Crippen molar-refractivity contribution in [3.05, 3.63) is 34.9 Å². The first-order valence-corrected chi connectivity index (χ1v) is 7.15. The molecule has 1 saturated carbocycles. The normalized spacial score (nSPS) is 28.7. The number of rotatable bonds is 2. The van der Waals surface area contributed by atoms with Gasteiger partial charge in [0.2, 0.25) is 0 Å². The molecule has 0 bridgehead atoms. The van der Waals surface area contributed by atoms with Gasteiger partial charge in [0.25, 0.3) is 0 Å². The third kappa shape index (κ3) is 2.67. The zero-order valence-corrected chi connectivity index (χ0v) is 12.1. The van der Waals surface area contributed by atoms with Gasteiger partial charge in [-0.3, -0.25) is 0 Å². The van der Waals surface area contributed by atoms with E-state index in [1.54, 1.807) is 0 Å². The molecule has 0 aromatic heterocycles. The van der Waals surface area contributed by atoms with E-state index >= 15 is 0 Å². The number of benzene rings is 1. The molecule has 19 heavy (non-hydrogen) atoms. The Morgan fingerprint density at radius 3 is 2.74 bits per heavy atom. The Morgan fingerprint density at radius 2 is 2.16 bits per heavy atom. The molecular weight excluding hydrogens is 234 g/mol. The van der Waals surface area contributed by atoms with Gasteiger partial charge in [0.1, 0.15) is 0 Å². The van der Waals surface area contributed by atoms with E-state index in [1.165, 1.54) is 12.0 Å². The summed E-state index contributed by atoms with van der Waals surface area (Å²) in [6, 6.07) is 8.51. The molecule has 0 aliphatic heterocycles. The maximum absolute atomic E-state index is 10.8. The minimum absolute atomic E-state index is 0.522. The second-order valence-corrected chi connectivity index (χ2v) is 6.23. The molecule has 1 aromatic carbocycles. The number of aliphatic hydroxyl groups excluding tert-OH is 1. The van der Waals surface area contributed by atoms with Crippen LogP contribution in [0.2, 0.25) is 0 Å². The van der Waals surface area contributed by atoms with Crippen molar-refractivity contribution in [1.82, 2.24) is 0 Å². The van der Waals surface area contributed by atoms with Crippen LogP contribution in [0.25, 0.3) is 0 Å².